The Labute approximate surface area is 151 Å². The Bertz CT molecular complexity index is 949. The summed E-state index contributed by atoms with van der Waals surface area (Å²) in [7, 11) is 0. The van der Waals surface area contributed by atoms with E-state index in [1.54, 1.807) is 18.2 Å². The highest BCUT2D eigenvalue weighted by molar-refractivity contribution is 6.30. The van der Waals surface area contributed by atoms with Gasteiger partial charge >= 0.3 is 0 Å². The lowest BCUT2D eigenvalue weighted by atomic mass is 10.1. The second kappa shape index (κ2) is 7.36. The number of carbonyl (C=O) groups excluding carboxylic acids is 1. The normalized spacial score (nSPS) is 11.1. The number of fused-ring (bicyclic) bond motifs is 1. The molecule has 0 aliphatic rings. The van der Waals surface area contributed by atoms with Crippen LogP contribution in [-0.4, -0.2) is 10.9 Å². The van der Waals surface area contributed by atoms with Crippen LogP contribution < -0.4 is 11.1 Å². The minimum Gasteiger partial charge on any atom is -0.398 e. The predicted molar refractivity (Wildman–Crippen MR) is 105 cm³/mol. The number of amides is 1. The third-order valence-corrected chi connectivity index (χ3v) is 4.07. The quantitative estimate of drug-likeness (QED) is 0.670. The molecule has 0 radical (unpaired) electrons. The average molecular weight is 352 g/mol. The minimum atomic E-state index is -0.217. The van der Waals surface area contributed by atoms with E-state index >= 15 is 0 Å². The van der Waals surface area contributed by atoms with Crippen molar-refractivity contribution in [2.45, 2.75) is 13.3 Å². The zero-order valence-electron chi connectivity index (χ0n) is 13.8. The monoisotopic (exact) mass is 351 g/mol. The number of nitrogen functional groups attached to an aromatic ring is 1. The molecule has 5 heteroatoms. The molecule has 0 saturated heterocycles. The molecule has 0 fully saturated rings. The molecule has 25 heavy (non-hydrogen) atoms. The maximum Gasteiger partial charge on any atom is 0.248 e. The number of nitrogens with two attached hydrogens (primary N) is 1. The van der Waals surface area contributed by atoms with Gasteiger partial charge in [0.25, 0.3) is 0 Å². The summed E-state index contributed by atoms with van der Waals surface area (Å²) >= 11 is 5.84. The van der Waals surface area contributed by atoms with Crippen LogP contribution in [-0.2, 0) is 11.2 Å². The van der Waals surface area contributed by atoms with Crippen molar-refractivity contribution in [1.29, 1.82) is 0 Å². The Kier molecular flexibility index (Phi) is 5.00. The second-order valence-electron chi connectivity index (χ2n) is 5.66. The van der Waals surface area contributed by atoms with Gasteiger partial charge in [-0.2, -0.15) is 0 Å². The van der Waals surface area contributed by atoms with E-state index in [9.17, 15) is 4.79 Å². The molecule has 0 aliphatic carbocycles. The van der Waals surface area contributed by atoms with Crippen molar-refractivity contribution in [1.82, 2.24) is 4.98 Å². The Morgan fingerprint density at radius 3 is 2.68 bits per heavy atom. The second-order valence-corrected chi connectivity index (χ2v) is 6.10. The highest BCUT2D eigenvalue weighted by Gasteiger charge is 2.05. The van der Waals surface area contributed by atoms with Crippen molar-refractivity contribution in [2.24, 2.45) is 0 Å². The zero-order valence-corrected chi connectivity index (χ0v) is 14.5. The number of hydrogen-bond donors (Lipinski definition) is 2. The average Bonchev–Trinajstić information content (AvgIpc) is 2.61. The summed E-state index contributed by atoms with van der Waals surface area (Å²) in [5.74, 6) is -0.217. The molecule has 4 nitrogen and oxygen atoms in total. The van der Waals surface area contributed by atoms with E-state index in [-0.39, 0.29) is 5.91 Å². The Morgan fingerprint density at radius 2 is 1.96 bits per heavy atom. The summed E-state index contributed by atoms with van der Waals surface area (Å²) in [6, 6.07) is 14.6. The largest absolute Gasteiger partial charge is 0.398 e. The molecule has 0 unspecified atom stereocenters. The molecule has 0 aliphatic heterocycles. The van der Waals surface area contributed by atoms with Crippen LogP contribution in [0, 0.1) is 0 Å². The van der Waals surface area contributed by atoms with Crippen LogP contribution in [0.15, 0.2) is 54.6 Å². The van der Waals surface area contributed by atoms with Gasteiger partial charge in [0.15, 0.2) is 0 Å². The van der Waals surface area contributed by atoms with Crippen molar-refractivity contribution in [3.63, 3.8) is 0 Å². The minimum absolute atomic E-state index is 0.217. The predicted octanol–water partition coefficient (Wildman–Crippen LogP) is 4.68. The van der Waals surface area contributed by atoms with E-state index in [4.69, 9.17) is 17.3 Å². The lowest BCUT2D eigenvalue weighted by molar-refractivity contribution is -0.111. The number of hydrogen-bond acceptors (Lipinski definition) is 3. The van der Waals surface area contributed by atoms with E-state index in [2.05, 4.69) is 10.3 Å². The number of rotatable bonds is 4. The van der Waals surface area contributed by atoms with Crippen LogP contribution in [0.2, 0.25) is 5.02 Å². The summed E-state index contributed by atoms with van der Waals surface area (Å²) < 4.78 is 0. The molecule has 126 valence electrons. The molecular weight excluding hydrogens is 334 g/mol. The van der Waals surface area contributed by atoms with Gasteiger partial charge in [0.1, 0.15) is 0 Å². The van der Waals surface area contributed by atoms with E-state index < -0.39 is 0 Å². The van der Waals surface area contributed by atoms with E-state index in [0.717, 1.165) is 28.6 Å². The first-order valence-corrected chi connectivity index (χ1v) is 8.37. The first-order chi connectivity index (χ1) is 12.0. The molecule has 1 amide bonds. The molecule has 0 spiro atoms. The molecule has 2 aromatic carbocycles. The van der Waals surface area contributed by atoms with Crippen molar-refractivity contribution < 1.29 is 4.79 Å². The van der Waals surface area contributed by atoms with Gasteiger partial charge in [-0.3, -0.25) is 9.78 Å². The fourth-order valence-corrected chi connectivity index (χ4v) is 2.62. The Morgan fingerprint density at radius 1 is 1.20 bits per heavy atom. The number of halogens is 1. The number of benzene rings is 2. The number of pyridine rings is 1. The molecule has 1 aromatic heterocycles. The number of anilines is 2. The number of aromatic nitrogens is 1. The van der Waals surface area contributed by atoms with Gasteiger partial charge in [-0.25, -0.2) is 0 Å². The van der Waals surface area contributed by atoms with Crippen LogP contribution in [0.3, 0.4) is 0 Å². The van der Waals surface area contributed by atoms with Gasteiger partial charge in [-0.15, -0.1) is 0 Å². The fourth-order valence-electron chi connectivity index (χ4n) is 2.50. The molecule has 3 aromatic rings. The number of aryl methyl sites for hydroxylation is 1. The van der Waals surface area contributed by atoms with Gasteiger partial charge in [0.2, 0.25) is 5.91 Å². The standard InChI is InChI=1S/C20H18ClN3O/c1-2-15-12-18(22)17-11-16(8-9-19(17)23-15)24-20(25)10-5-13-3-6-14(21)7-4-13/h3-12H,2H2,1H3,(H2,22,23)(H,24,25). The molecule has 1 heterocycles. The SMILES string of the molecule is CCc1cc(N)c2cc(NC(=O)C=Cc3ccc(Cl)cc3)ccc2n1. The van der Waals surface area contributed by atoms with Crippen LogP contribution in [0.4, 0.5) is 11.4 Å². The molecule has 0 saturated carbocycles. The highest BCUT2D eigenvalue weighted by atomic mass is 35.5. The van der Waals surface area contributed by atoms with Gasteiger partial charge in [0, 0.05) is 33.6 Å². The highest BCUT2D eigenvalue weighted by Crippen LogP contribution is 2.24. The molecule has 0 bridgehead atoms. The molecule has 3 rings (SSSR count). The number of nitrogens with zero attached hydrogens (tertiary/aromatic N) is 1. The Balaban J connectivity index is 1.77. The van der Waals surface area contributed by atoms with E-state index in [1.165, 1.54) is 6.08 Å². The summed E-state index contributed by atoms with van der Waals surface area (Å²) in [4.78, 5) is 16.6. The van der Waals surface area contributed by atoms with Crippen molar-refractivity contribution in [3.05, 3.63) is 70.9 Å². The van der Waals surface area contributed by atoms with E-state index in [1.807, 2.05) is 43.3 Å². The smallest absolute Gasteiger partial charge is 0.248 e. The third kappa shape index (κ3) is 4.17. The lowest BCUT2D eigenvalue weighted by Crippen LogP contribution is -2.07. The number of carbonyl (C=O) groups is 1. The first kappa shape index (κ1) is 17.0. The van der Waals surface area contributed by atoms with Gasteiger partial charge in [-0.1, -0.05) is 30.7 Å². The maximum atomic E-state index is 12.1. The van der Waals surface area contributed by atoms with Gasteiger partial charge < -0.3 is 11.1 Å². The first-order valence-electron chi connectivity index (χ1n) is 7.99. The van der Waals surface area contributed by atoms with Crippen LogP contribution in [0.1, 0.15) is 18.2 Å². The van der Waals surface area contributed by atoms with Crippen LogP contribution in [0.5, 0.6) is 0 Å². The van der Waals surface area contributed by atoms with Crippen LogP contribution in [0.25, 0.3) is 17.0 Å². The van der Waals surface area contributed by atoms with Crippen molar-refractivity contribution in [2.75, 3.05) is 11.1 Å². The maximum absolute atomic E-state index is 12.1. The zero-order chi connectivity index (χ0) is 17.8. The van der Waals surface area contributed by atoms with Crippen LogP contribution >= 0.6 is 11.6 Å². The fraction of sp³-hybridized carbons (Fsp3) is 0.100. The Hall–Kier alpha value is -2.85. The van der Waals surface area contributed by atoms with Gasteiger partial charge in [-0.05, 0) is 54.5 Å². The third-order valence-electron chi connectivity index (χ3n) is 3.82. The van der Waals surface area contributed by atoms with Crippen molar-refractivity contribution in [3.8, 4) is 0 Å². The van der Waals surface area contributed by atoms with Crippen molar-refractivity contribution >= 4 is 45.9 Å². The summed E-state index contributed by atoms with van der Waals surface area (Å²) in [5.41, 5.74) is 10.1. The van der Waals surface area contributed by atoms with Gasteiger partial charge in [0.05, 0.1) is 5.52 Å². The summed E-state index contributed by atoms with van der Waals surface area (Å²) in [5, 5.41) is 4.33. The topological polar surface area (TPSA) is 68.0 Å². The molecular formula is C20H18ClN3O. The molecule has 0 atom stereocenters. The van der Waals surface area contributed by atoms with E-state index in [0.29, 0.717) is 16.4 Å². The number of nitrogens with one attached hydrogen (secondary N) is 1. The molecule has 3 N–H and O–H groups in total. The summed E-state index contributed by atoms with van der Waals surface area (Å²) in [6.07, 6.45) is 4.04. The summed E-state index contributed by atoms with van der Waals surface area (Å²) in [6.45, 7) is 2.04. The lowest BCUT2D eigenvalue weighted by Gasteiger charge is -2.08.